The summed E-state index contributed by atoms with van der Waals surface area (Å²) in [6.07, 6.45) is 1.69. The van der Waals surface area contributed by atoms with E-state index in [-0.39, 0.29) is 48.0 Å². The van der Waals surface area contributed by atoms with E-state index in [4.69, 9.17) is 0 Å². The molecule has 0 radical (unpaired) electrons. The van der Waals surface area contributed by atoms with E-state index in [1.165, 1.54) is 0 Å². The van der Waals surface area contributed by atoms with Crippen LogP contribution in [0.4, 0.5) is 0 Å². The average Bonchev–Trinajstić information content (AvgIpc) is 1.91. The second-order valence-electron chi connectivity index (χ2n) is 1.30. The number of aliphatic imine (C=N–C) groups is 1. The van der Waals surface area contributed by atoms with E-state index in [1.54, 1.807) is 6.92 Å². The van der Waals surface area contributed by atoms with E-state index in [0.29, 0.717) is 0 Å². The van der Waals surface area contributed by atoms with Gasteiger partial charge in [0, 0.05) is 48.5 Å². The van der Waals surface area contributed by atoms with Crippen molar-refractivity contribution in [1.29, 1.82) is 0 Å². The molecule has 3 nitrogen and oxygen atoms in total. The molecule has 0 aromatic rings. The Morgan fingerprint density at radius 1 is 1.67 bits per heavy atom. The van der Waals surface area contributed by atoms with Gasteiger partial charge in [-0.25, -0.2) is 0 Å². The molecule has 0 bridgehead atoms. The predicted octanol–water partition coefficient (Wildman–Crippen LogP) is -0.168. The van der Waals surface area contributed by atoms with Gasteiger partial charge in [0.15, 0.2) is 0 Å². The van der Waals surface area contributed by atoms with Crippen LogP contribution in [-0.4, -0.2) is 18.4 Å². The summed E-state index contributed by atoms with van der Waals surface area (Å²) in [7, 11) is 0. The van der Waals surface area contributed by atoms with Crippen LogP contribution in [0, 0.1) is 0 Å². The first-order valence-electron chi connectivity index (χ1n) is 1.96. The number of amides is 1. The quantitative estimate of drug-likeness (QED) is 0.466. The van der Waals surface area contributed by atoms with Crippen molar-refractivity contribution in [2.24, 2.45) is 4.99 Å². The summed E-state index contributed by atoms with van der Waals surface area (Å²) in [6.45, 7) is 1.63. The Bertz CT molecular complexity index is 126. The van der Waals surface area contributed by atoms with Crippen LogP contribution in [0.1, 0.15) is 6.92 Å². The second-order valence-corrected chi connectivity index (χ2v) is 1.30. The van der Waals surface area contributed by atoms with Crippen LogP contribution in [-0.2, 0) is 51.7 Å². The summed E-state index contributed by atoms with van der Waals surface area (Å²) < 4.78 is 4.50. The summed E-state index contributed by atoms with van der Waals surface area (Å²) in [4.78, 5) is 13.4. The van der Waals surface area contributed by atoms with Gasteiger partial charge in [-0.2, -0.15) is 0 Å². The number of hydrogen-bond donors (Lipinski definition) is 0. The Morgan fingerprint density at radius 3 is 2.33 bits per heavy atom. The number of ether oxygens (including phenoxy) is 1. The molecule has 5 heteroatoms. The first-order chi connectivity index (χ1) is 3.30. The van der Waals surface area contributed by atoms with Gasteiger partial charge in [0.1, 0.15) is 5.91 Å². The van der Waals surface area contributed by atoms with E-state index in [0.717, 1.165) is 0 Å². The molecule has 0 N–H and O–H groups in total. The molecular weight excluding hydrogens is 462 g/mol. The Morgan fingerprint density at radius 2 is 2.22 bits per heavy atom. The van der Waals surface area contributed by atoms with Crippen molar-refractivity contribution in [3.05, 3.63) is 0 Å². The van der Waals surface area contributed by atoms with Gasteiger partial charge in [-0.1, -0.05) is 0 Å². The van der Waals surface area contributed by atoms with Gasteiger partial charge in [0.25, 0.3) is 0 Å². The predicted molar refractivity (Wildman–Crippen MR) is 23.0 cm³/mol. The van der Waals surface area contributed by atoms with Crippen LogP contribution >= 0.6 is 0 Å². The van der Waals surface area contributed by atoms with Crippen LogP contribution in [0.25, 0.3) is 0 Å². The molecule has 0 spiro atoms. The zero-order valence-corrected chi connectivity index (χ0v) is 10.5. The number of nitrogens with zero attached hydrogens (tertiary/aromatic N) is 1. The Balaban J connectivity index is 0. The maximum absolute atomic E-state index is 10.2. The molecule has 9 heavy (non-hydrogen) atoms. The minimum absolute atomic E-state index is 0. The summed E-state index contributed by atoms with van der Waals surface area (Å²) in [5, 5.41) is 0. The molecule has 0 saturated heterocycles. The topological polar surface area (TPSA) is 38.7 Å². The van der Waals surface area contributed by atoms with Crippen molar-refractivity contribution in [3.8, 4) is 0 Å². The van der Waals surface area contributed by atoms with Crippen LogP contribution in [0.15, 0.2) is 4.99 Å². The molecule has 0 saturated carbocycles. The first-order valence-corrected chi connectivity index (χ1v) is 1.96. The van der Waals surface area contributed by atoms with E-state index in [2.05, 4.69) is 16.1 Å². The zero-order valence-electron chi connectivity index (χ0n) is 4.66. The van der Waals surface area contributed by atoms with Gasteiger partial charge in [-0.15, -0.1) is 0 Å². The fraction of sp³-hybridized carbons (Fsp3) is 0.500. The number of carbonyl (C=O) groups excluding carboxylic acids is 1. The van der Waals surface area contributed by atoms with Gasteiger partial charge in [-0.05, 0) is 6.92 Å². The molecule has 1 amide bonds. The largest absolute Gasteiger partial charge is 0.578 e. The Hall–Kier alpha value is 0.517. The fourth-order valence-corrected chi connectivity index (χ4v) is 0.292. The van der Waals surface area contributed by atoms with Gasteiger partial charge >= 0.3 is 0 Å². The van der Waals surface area contributed by atoms with Gasteiger partial charge < -0.3 is 14.5 Å². The second kappa shape index (κ2) is 5.31. The van der Waals surface area contributed by atoms with Crippen molar-refractivity contribution in [1.82, 2.24) is 0 Å². The molecule has 1 aliphatic rings. The Kier molecular flexibility index (Phi) is 7.21. The summed E-state index contributed by atoms with van der Waals surface area (Å²) in [5.74, 6) is -0.250. The van der Waals surface area contributed by atoms with E-state index >= 15 is 0 Å². The fourth-order valence-electron chi connectivity index (χ4n) is 0.292. The molecule has 0 aromatic carbocycles. The maximum atomic E-state index is 10.2. The van der Waals surface area contributed by atoms with Crippen LogP contribution in [0.2, 0.25) is 0 Å². The van der Waals surface area contributed by atoms with E-state index < -0.39 is 6.10 Å². The minimum atomic E-state index is -0.403. The van der Waals surface area contributed by atoms with Gasteiger partial charge in [0.05, 0.1) is 6.10 Å². The van der Waals surface area contributed by atoms with E-state index in [9.17, 15) is 4.79 Å². The van der Waals surface area contributed by atoms with Crippen molar-refractivity contribution in [2.45, 2.75) is 13.0 Å². The zero-order chi connectivity index (χ0) is 5.28. The van der Waals surface area contributed by atoms with Crippen molar-refractivity contribution >= 4 is 12.3 Å². The van der Waals surface area contributed by atoms with Crippen LogP contribution in [0.3, 0.4) is 0 Å². The number of hydrogen-bond acceptors (Lipinski definition) is 2. The maximum Gasteiger partial charge on any atom is 0.127 e. The summed E-state index contributed by atoms with van der Waals surface area (Å²) in [6, 6.07) is 0. The standard InChI is InChI=1S/C4H4NO2.2W/c1-3-4(6)5-2-7-3;;/h3H,1H3;;/q-1;;. The SMILES string of the molecule is CC1O[C-]=NC1=O.[W].[W]. The molecule has 0 fully saturated rings. The third-order valence-electron chi connectivity index (χ3n) is 0.733. The first kappa shape index (κ1) is 12.2. The monoisotopic (exact) mass is 466 g/mol. The molecule has 1 aliphatic heterocycles. The minimum Gasteiger partial charge on any atom is -0.578 e. The van der Waals surface area contributed by atoms with Crippen LogP contribution in [0.5, 0.6) is 0 Å². The molecular formula is C4H4NO2W2-. The average molecular weight is 466 g/mol. The van der Waals surface area contributed by atoms with Crippen molar-refractivity contribution < 1.29 is 51.7 Å². The molecule has 50 valence electrons. The smallest absolute Gasteiger partial charge is 0.127 e. The van der Waals surface area contributed by atoms with Gasteiger partial charge in [-0.3, -0.25) is 0 Å². The van der Waals surface area contributed by atoms with Crippen molar-refractivity contribution in [3.63, 3.8) is 0 Å². The third-order valence-corrected chi connectivity index (χ3v) is 0.733. The summed E-state index contributed by atoms with van der Waals surface area (Å²) >= 11 is 0. The normalized spacial score (nSPS) is 21.9. The number of carbonyl (C=O) groups is 1. The third kappa shape index (κ3) is 3.27. The molecule has 0 aromatic heterocycles. The molecule has 1 heterocycles. The molecule has 1 atom stereocenters. The summed E-state index contributed by atoms with van der Waals surface area (Å²) in [5.41, 5.74) is 0. The van der Waals surface area contributed by atoms with Crippen molar-refractivity contribution in [2.75, 3.05) is 0 Å². The number of rotatable bonds is 0. The molecule has 1 unspecified atom stereocenters. The molecule has 0 aliphatic carbocycles. The van der Waals surface area contributed by atoms with Gasteiger partial charge in [0.2, 0.25) is 0 Å². The van der Waals surface area contributed by atoms with E-state index in [1.807, 2.05) is 0 Å². The molecule has 1 rings (SSSR count). The Labute approximate surface area is 81.8 Å². The van der Waals surface area contributed by atoms with Crippen LogP contribution < -0.4 is 0 Å².